The lowest BCUT2D eigenvalue weighted by atomic mass is 9.62. The topological polar surface area (TPSA) is 70.5 Å². The Hall–Kier alpha value is -3.92. The van der Waals surface area contributed by atoms with Crippen LogP contribution in [0.2, 0.25) is 0 Å². The summed E-state index contributed by atoms with van der Waals surface area (Å²) in [6.45, 7) is 2.28. The number of rotatable bonds is 11. The zero-order valence-corrected chi connectivity index (χ0v) is 23.7. The molecule has 4 N–H and O–H groups in total. The fraction of sp³-hybridized carbons (Fsp3) is 0.333. The summed E-state index contributed by atoms with van der Waals surface area (Å²) < 4.78 is 12.2. The SMILES string of the molecule is CCCCCCC1CCC(c2ccc(Oc3cccc(N)c3)cc2)(c2ccc(Oc3cccc(N)c3)cc2)CC1. The molecule has 0 heterocycles. The minimum Gasteiger partial charge on any atom is -0.457 e. The molecule has 208 valence electrons. The van der Waals surface area contributed by atoms with E-state index in [0.29, 0.717) is 11.4 Å². The molecule has 1 saturated carbocycles. The summed E-state index contributed by atoms with van der Waals surface area (Å²) in [6, 6.07) is 32.5. The highest BCUT2D eigenvalue weighted by atomic mass is 16.5. The zero-order valence-electron chi connectivity index (χ0n) is 23.7. The van der Waals surface area contributed by atoms with Gasteiger partial charge in [0.1, 0.15) is 23.0 Å². The lowest BCUT2D eigenvalue weighted by molar-refractivity contribution is 0.250. The van der Waals surface area contributed by atoms with Gasteiger partial charge in [-0.15, -0.1) is 0 Å². The first-order valence-electron chi connectivity index (χ1n) is 14.8. The molecule has 0 unspecified atom stereocenters. The summed E-state index contributed by atoms with van der Waals surface area (Å²) in [4.78, 5) is 0. The van der Waals surface area contributed by atoms with Crippen molar-refractivity contribution in [3.05, 3.63) is 108 Å². The molecule has 4 nitrogen and oxygen atoms in total. The molecule has 4 aromatic rings. The van der Waals surface area contributed by atoms with Crippen LogP contribution in [0.4, 0.5) is 11.4 Å². The van der Waals surface area contributed by atoms with Crippen LogP contribution in [0.15, 0.2) is 97.1 Å². The third kappa shape index (κ3) is 6.80. The van der Waals surface area contributed by atoms with E-state index in [1.54, 1.807) is 0 Å². The van der Waals surface area contributed by atoms with E-state index >= 15 is 0 Å². The minimum absolute atomic E-state index is 0.0225. The predicted octanol–water partition coefficient (Wildman–Crippen LogP) is 9.88. The lowest BCUT2D eigenvalue weighted by Gasteiger charge is -2.41. The second-order valence-corrected chi connectivity index (χ2v) is 11.3. The number of benzene rings is 4. The normalized spacial score (nSPS) is 15.0. The highest BCUT2D eigenvalue weighted by Gasteiger charge is 2.38. The number of hydrogen-bond donors (Lipinski definition) is 2. The van der Waals surface area contributed by atoms with E-state index < -0.39 is 0 Å². The maximum atomic E-state index is 6.10. The van der Waals surface area contributed by atoms with Gasteiger partial charge in [0.2, 0.25) is 0 Å². The van der Waals surface area contributed by atoms with Gasteiger partial charge in [-0.2, -0.15) is 0 Å². The van der Waals surface area contributed by atoms with Crippen molar-refractivity contribution >= 4 is 11.4 Å². The third-order valence-corrected chi connectivity index (χ3v) is 8.43. The zero-order chi connectivity index (χ0) is 27.8. The summed E-state index contributed by atoms with van der Waals surface area (Å²) in [7, 11) is 0. The summed E-state index contributed by atoms with van der Waals surface area (Å²) in [5.41, 5.74) is 15.9. The van der Waals surface area contributed by atoms with Gasteiger partial charge in [0.25, 0.3) is 0 Å². The second-order valence-electron chi connectivity index (χ2n) is 11.3. The minimum atomic E-state index is -0.0225. The number of nitrogen functional groups attached to an aromatic ring is 2. The van der Waals surface area contributed by atoms with Gasteiger partial charge in [0.05, 0.1) is 0 Å². The summed E-state index contributed by atoms with van der Waals surface area (Å²) >= 11 is 0. The smallest absolute Gasteiger partial charge is 0.129 e. The lowest BCUT2D eigenvalue weighted by Crippen LogP contribution is -2.33. The van der Waals surface area contributed by atoms with Crippen LogP contribution in [0.25, 0.3) is 0 Å². The molecule has 0 atom stereocenters. The van der Waals surface area contributed by atoms with Gasteiger partial charge in [0.15, 0.2) is 0 Å². The van der Waals surface area contributed by atoms with E-state index in [1.807, 2.05) is 48.5 Å². The van der Waals surface area contributed by atoms with Crippen molar-refractivity contribution in [3.63, 3.8) is 0 Å². The Kier molecular flexibility index (Phi) is 8.95. The molecule has 0 bridgehead atoms. The highest BCUT2D eigenvalue weighted by Crippen LogP contribution is 2.48. The summed E-state index contributed by atoms with van der Waals surface area (Å²) in [5.74, 6) is 3.96. The second kappa shape index (κ2) is 13.0. The van der Waals surface area contributed by atoms with Crippen LogP contribution in [0.5, 0.6) is 23.0 Å². The monoisotopic (exact) mass is 534 g/mol. The average molecular weight is 535 g/mol. The Bertz CT molecular complexity index is 1260. The van der Waals surface area contributed by atoms with Crippen LogP contribution in [-0.2, 0) is 5.41 Å². The molecule has 4 heteroatoms. The number of ether oxygens (including phenoxy) is 2. The molecule has 0 saturated heterocycles. The largest absolute Gasteiger partial charge is 0.457 e. The maximum absolute atomic E-state index is 6.10. The van der Waals surface area contributed by atoms with E-state index in [9.17, 15) is 0 Å². The summed E-state index contributed by atoms with van der Waals surface area (Å²) in [6.07, 6.45) is 11.5. The Balaban J connectivity index is 1.36. The van der Waals surface area contributed by atoms with Crippen LogP contribution >= 0.6 is 0 Å². The van der Waals surface area contributed by atoms with Gasteiger partial charge in [-0.1, -0.05) is 75.4 Å². The average Bonchev–Trinajstić information content (AvgIpc) is 2.97. The van der Waals surface area contributed by atoms with Gasteiger partial charge >= 0.3 is 0 Å². The summed E-state index contributed by atoms with van der Waals surface area (Å²) in [5, 5.41) is 0. The fourth-order valence-electron chi connectivity index (χ4n) is 6.18. The van der Waals surface area contributed by atoms with Crippen LogP contribution in [0.3, 0.4) is 0 Å². The molecule has 0 amide bonds. The molecule has 0 radical (unpaired) electrons. The van der Waals surface area contributed by atoms with Crippen LogP contribution in [0, 0.1) is 5.92 Å². The molecule has 5 rings (SSSR count). The molecular formula is C36H42N2O2. The van der Waals surface area contributed by atoms with Gasteiger partial charge in [-0.3, -0.25) is 0 Å². The first kappa shape index (κ1) is 27.6. The predicted molar refractivity (Wildman–Crippen MR) is 166 cm³/mol. The van der Waals surface area contributed by atoms with E-state index in [-0.39, 0.29) is 5.41 Å². The third-order valence-electron chi connectivity index (χ3n) is 8.43. The van der Waals surface area contributed by atoms with Crippen molar-refractivity contribution in [2.45, 2.75) is 70.1 Å². The molecule has 0 aliphatic heterocycles. The molecule has 1 aliphatic rings. The maximum Gasteiger partial charge on any atom is 0.129 e. The van der Waals surface area contributed by atoms with Gasteiger partial charge in [-0.25, -0.2) is 0 Å². The van der Waals surface area contributed by atoms with Crippen molar-refractivity contribution < 1.29 is 9.47 Å². The Morgan fingerprint density at radius 3 is 1.57 bits per heavy atom. The standard InChI is InChI=1S/C36H42N2O2/c1-2-3-4-5-8-27-21-23-36(24-22-27,28-13-17-32(18-14-28)39-34-11-6-9-30(37)25-34)29-15-19-33(20-16-29)40-35-12-7-10-31(38)26-35/h6-7,9-20,25-27H,2-5,8,21-24,37-38H2,1H3. The van der Waals surface area contributed by atoms with Crippen LogP contribution < -0.4 is 20.9 Å². The van der Waals surface area contributed by atoms with Crippen LogP contribution in [0.1, 0.15) is 75.8 Å². The number of anilines is 2. The molecule has 0 aromatic heterocycles. The first-order chi connectivity index (χ1) is 19.5. The van der Waals surface area contributed by atoms with Crippen molar-refractivity contribution in [2.75, 3.05) is 11.5 Å². The molecule has 4 aromatic carbocycles. The molecule has 40 heavy (non-hydrogen) atoms. The van der Waals surface area contributed by atoms with E-state index in [1.165, 1.54) is 56.1 Å². The number of nitrogens with two attached hydrogens (primary N) is 2. The Morgan fingerprint density at radius 2 is 1.12 bits per heavy atom. The van der Waals surface area contributed by atoms with Crippen molar-refractivity contribution in [1.82, 2.24) is 0 Å². The van der Waals surface area contributed by atoms with Crippen molar-refractivity contribution in [2.24, 2.45) is 5.92 Å². The first-order valence-corrected chi connectivity index (χ1v) is 14.8. The van der Waals surface area contributed by atoms with Gasteiger partial charge in [-0.05, 0) is 91.3 Å². The highest BCUT2D eigenvalue weighted by molar-refractivity contribution is 5.48. The quantitative estimate of drug-likeness (QED) is 0.148. The Morgan fingerprint density at radius 1 is 0.625 bits per heavy atom. The van der Waals surface area contributed by atoms with Gasteiger partial charge in [0, 0.05) is 28.9 Å². The number of unbranched alkanes of at least 4 members (excludes halogenated alkanes) is 3. The van der Waals surface area contributed by atoms with E-state index in [2.05, 4.69) is 55.5 Å². The fourth-order valence-corrected chi connectivity index (χ4v) is 6.18. The Labute approximate surface area is 239 Å². The van der Waals surface area contributed by atoms with Crippen molar-refractivity contribution in [3.8, 4) is 23.0 Å². The van der Waals surface area contributed by atoms with Crippen molar-refractivity contribution in [1.29, 1.82) is 0 Å². The number of hydrogen-bond acceptors (Lipinski definition) is 4. The van der Waals surface area contributed by atoms with E-state index in [0.717, 1.165) is 41.8 Å². The molecule has 1 aliphatic carbocycles. The molecule has 0 spiro atoms. The van der Waals surface area contributed by atoms with E-state index in [4.69, 9.17) is 20.9 Å². The van der Waals surface area contributed by atoms with Crippen LogP contribution in [-0.4, -0.2) is 0 Å². The molecular weight excluding hydrogens is 492 g/mol. The van der Waals surface area contributed by atoms with Gasteiger partial charge < -0.3 is 20.9 Å². The molecule has 1 fully saturated rings.